The summed E-state index contributed by atoms with van der Waals surface area (Å²) in [7, 11) is 0. The van der Waals surface area contributed by atoms with Gasteiger partial charge in [0, 0.05) is 26.5 Å². The van der Waals surface area contributed by atoms with Crippen molar-refractivity contribution in [3.8, 4) is 0 Å². The number of nitrogens with zero attached hydrogens (tertiary/aromatic N) is 1. The van der Waals surface area contributed by atoms with E-state index in [1.54, 1.807) is 19.1 Å². The quantitative estimate of drug-likeness (QED) is 0.616. The minimum Gasteiger partial charge on any atom is -0.351 e. The summed E-state index contributed by atoms with van der Waals surface area (Å²) < 4.78 is 40.6. The highest BCUT2D eigenvalue weighted by Gasteiger charge is 2.48. The van der Waals surface area contributed by atoms with E-state index in [1.165, 1.54) is 35.6 Å². The third kappa shape index (κ3) is 5.35. The Morgan fingerprint density at radius 1 is 1.17 bits per heavy atom. The Bertz CT molecular complexity index is 910. The molecule has 0 unspecified atom stereocenters. The topological polar surface area (TPSA) is 49.4 Å². The highest BCUT2D eigenvalue weighted by atomic mass is 35.5. The van der Waals surface area contributed by atoms with Crippen LogP contribution in [0.5, 0.6) is 0 Å². The molecule has 1 saturated carbocycles. The fraction of sp³-hybridized carbons (Fsp3) is 0.429. The van der Waals surface area contributed by atoms with E-state index < -0.39 is 24.0 Å². The van der Waals surface area contributed by atoms with Crippen molar-refractivity contribution in [3.63, 3.8) is 0 Å². The van der Waals surface area contributed by atoms with E-state index in [9.17, 15) is 22.8 Å². The highest BCUT2D eigenvalue weighted by Crippen LogP contribution is 2.36. The van der Waals surface area contributed by atoms with Gasteiger partial charge in [0.25, 0.3) is 0 Å². The van der Waals surface area contributed by atoms with Crippen molar-refractivity contribution >= 4 is 40.4 Å². The summed E-state index contributed by atoms with van der Waals surface area (Å²) in [6, 6.07) is 7.29. The molecule has 1 atom stereocenters. The molecule has 1 fully saturated rings. The van der Waals surface area contributed by atoms with Gasteiger partial charge in [-0.15, -0.1) is 11.3 Å². The number of thiophene rings is 1. The molecule has 1 aromatic carbocycles. The van der Waals surface area contributed by atoms with Gasteiger partial charge in [-0.2, -0.15) is 13.2 Å². The van der Waals surface area contributed by atoms with E-state index in [-0.39, 0.29) is 16.8 Å². The van der Waals surface area contributed by atoms with Gasteiger partial charge < -0.3 is 5.32 Å². The zero-order chi connectivity index (χ0) is 21.9. The molecule has 0 saturated heterocycles. The minimum absolute atomic E-state index is 0.0836. The number of nitrogens with one attached hydrogen (secondary N) is 1. The van der Waals surface area contributed by atoms with Crippen molar-refractivity contribution < 1.29 is 22.8 Å². The third-order valence-corrected chi connectivity index (χ3v) is 6.32. The second kappa shape index (κ2) is 9.39. The van der Waals surface area contributed by atoms with Gasteiger partial charge in [0.1, 0.15) is 0 Å². The molecule has 1 heterocycles. The van der Waals surface area contributed by atoms with Gasteiger partial charge in [-0.25, -0.2) is 0 Å². The van der Waals surface area contributed by atoms with Crippen LogP contribution in [-0.4, -0.2) is 24.0 Å². The molecule has 2 aromatic rings. The van der Waals surface area contributed by atoms with Gasteiger partial charge in [-0.1, -0.05) is 36.9 Å². The Hall–Kier alpha value is -2.06. The average molecular weight is 459 g/mol. The Balaban J connectivity index is 2.06. The fourth-order valence-corrected chi connectivity index (χ4v) is 4.80. The van der Waals surface area contributed by atoms with Gasteiger partial charge in [-0.05, 0) is 50.1 Å². The monoisotopic (exact) mass is 458 g/mol. The maximum absolute atomic E-state index is 13.5. The lowest BCUT2D eigenvalue weighted by atomic mass is 9.95. The number of alkyl halides is 3. The average Bonchev–Trinajstić information content (AvgIpc) is 3.11. The number of hydrogen-bond acceptors (Lipinski definition) is 3. The van der Waals surface area contributed by atoms with Crippen molar-refractivity contribution in [2.24, 2.45) is 0 Å². The molecule has 0 bridgehead atoms. The van der Waals surface area contributed by atoms with Crippen LogP contribution in [0.4, 0.5) is 18.9 Å². The summed E-state index contributed by atoms with van der Waals surface area (Å²) in [5, 5.41) is 3.04. The molecule has 0 aliphatic heterocycles. The molecule has 1 aliphatic rings. The molecule has 1 aliphatic carbocycles. The van der Waals surface area contributed by atoms with Gasteiger partial charge in [0.05, 0.1) is 0 Å². The SMILES string of the molecule is Cc1ccc([C@H](C(=O)NC2CCCCC2)N(C(=O)C(F)(F)F)c2cccc(Cl)c2)s1. The first kappa shape index (κ1) is 22.6. The summed E-state index contributed by atoms with van der Waals surface area (Å²) in [4.78, 5) is 27.4. The molecule has 2 amide bonds. The Kier molecular flexibility index (Phi) is 7.08. The van der Waals surface area contributed by atoms with Crippen molar-refractivity contribution in [2.45, 2.75) is 57.3 Å². The normalized spacial score (nSPS) is 16.2. The predicted molar refractivity (Wildman–Crippen MR) is 112 cm³/mol. The number of hydrogen-bond donors (Lipinski definition) is 1. The molecular weight excluding hydrogens is 437 g/mol. The van der Waals surface area contributed by atoms with Crippen LogP contribution in [0.25, 0.3) is 0 Å². The maximum atomic E-state index is 13.5. The largest absolute Gasteiger partial charge is 0.471 e. The fourth-order valence-electron chi connectivity index (χ4n) is 3.65. The van der Waals surface area contributed by atoms with E-state index in [0.29, 0.717) is 9.78 Å². The third-order valence-electron chi connectivity index (χ3n) is 5.04. The number of benzene rings is 1. The Morgan fingerprint density at radius 3 is 2.43 bits per heavy atom. The van der Waals surface area contributed by atoms with E-state index in [4.69, 9.17) is 11.6 Å². The van der Waals surface area contributed by atoms with Crippen LogP contribution >= 0.6 is 22.9 Å². The molecule has 162 valence electrons. The molecule has 3 rings (SSSR count). The number of halogens is 4. The van der Waals surface area contributed by atoms with Gasteiger partial charge in [-0.3, -0.25) is 14.5 Å². The molecule has 0 spiro atoms. The van der Waals surface area contributed by atoms with Crippen molar-refractivity contribution in [3.05, 3.63) is 51.2 Å². The van der Waals surface area contributed by atoms with Crippen LogP contribution in [-0.2, 0) is 9.59 Å². The molecule has 1 N–H and O–H groups in total. The lowest BCUT2D eigenvalue weighted by Crippen LogP contribution is -2.50. The Labute approximate surface area is 182 Å². The zero-order valence-electron chi connectivity index (χ0n) is 16.3. The molecule has 30 heavy (non-hydrogen) atoms. The van der Waals surface area contributed by atoms with Crippen molar-refractivity contribution in [1.29, 1.82) is 0 Å². The zero-order valence-corrected chi connectivity index (χ0v) is 17.9. The van der Waals surface area contributed by atoms with Crippen LogP contribution in [0.1, 0.15) is 47.9 Å². The second-order valence-electron chi connectivity index (χ2n) is 7.35. The van der Waals surface area contributed by atoms with E-state index in [0.717, 1.165) is 37.0 Å². The van der Waals surface area contributed by atoms with Crippen molar-refractivity contribution in [2.75, 3.05) is 4.90 Å². The first-order chi connectivity index (χ1) is 14.2. The first-order valence-corrected chi connectivity index (χ1v) is 10.9. The maximum Gasteiger partial charge on any atom is 0.471 e. The number of carbonyl (C=O) groups excluding carboxylic acids is 2. The Morgan fingerprint density at radius 2 is 1.87 bits per heavy atom. The first-order valence-electron chi connectivity index (χ1n) is 9.69. The van der Waals surface area contributed by atoms with Crippen molar-refractivity contribution in [1.82, 2.24) is 5.32 Å². The number of rotatable bonds is 5. The van der Waals surface area contributed by atoms with Crippen LogP contribution in [0.3, 0.4) is 0 Å². The van der Waals surface area contributed by atoms with E-state index in [2.05, 4.69) is 5.32 Å². The summed E-state index contributed by atoms with van der Waals surface area (Å²) >= 11 is 7.17. The number of aryl methyl sites for hydroxylation is 1. The van der Waals surface area contributed by atoms with Crippen LogP contribution in [0.2, 0.25) is 5.02 Å². The molecule has 0 radical (unpaired) electrons. The molecular formula is C21H22ClF3N2O2S. The summed E-state index contributed by atoms with van der Waals surface area (Å²) in [6.07, 6.45) is -0.641. The second-order valence-corrected chi connectivity index (χ2v) is 9.10. The van der Waals surface area contributed by atoms with Crippen LogP contribution in [0, 0.1) is 6.92 Å². The number of anilines is 1. The minimum atomic E-state index is -5.15. The standard InChI is InChI=1S/C21H22ClF3N2O2S/c1-13-10-11-17(30-13)18(19(28)26-15-7-3-2-4-8-15)27(20(29)21(23,24)25)16-9-5-6-14(22)12-16/h5-6,9-12,15,18H,2-4,7-8H2,1H3,(H,26,28)/t18-/m1/s1. The van der Waals surface area contributed by atoms with Crippen LogP contribution < -0.4 is 10.2 Å². The molecule has 4 nitrogen and oxygen atoms in total. The van der Waals surface area contributed by atoms with E-state index >= 15 is 0 Å². The lowest BCUT2D eigenvalue weighted by molar-refractivity contribution is -0.171. The summed E-state index contributed by atoms with van der Waals surface area (Å²) in [5.74, 6) is -2.74. The highest BCUT2D eigenvalue weighted by molar-refractivity contribution is 7.12. The number of amides is 2. The smallest absolute Gasteiger partial charge is 0.351 e. The van der Waals surface area contributed by atoms with Gasteiger partial charge in [0.15, 0.2) is 6.04 Å². The van der Waals surface area contributed by atoms with Gasteiger partial charge >= 0.3 is 12.1 Å². The van der Waals surface area contributed by atoms with Gasteiger partial charge in [0.2, 0.25) is 5.91 Å². The summed E-state index contributed by atoms with van der Waals surface area (Å²) in [6.45, 7) is 1.79. The lowest BCUT2D eigenvalue weighted by Gasteiger charge is -2.33. The predicted octanol–water partition coefficient (Wildman–Crippen LogP) is 5.80. The molecule has 1 aromatic heterocycles. The van der Waals surface area contributed by atoms with E-state index in [1.807, 2.05) is 0 Å². The van der Waals surface area contributed by atoms with Crippen LogP contribution in [0.15, 0.2) is 36.4 Å². The number of carbonyl (C=O) groups is 2. The molecule has 9 heteroatoms. The summed E-state index contributed by atoms with van der Waals surface area (Å²) in [5.41, 5.74) is -0.0836.